The predicted molar refractivity (Wildman–Crippen MR) is 68.0 cm³/mol. The molecule has 1 N–H and O–H groups in total. The Labute approximate surface area is 101 Å². The second-order valence-electron chi connectivity index (χ2n) is 5.53. The Hall–Kier alpha value is -0.410. The van der Waals surface area contributed by atoms with Crippen molar-refractivity contribution in [1.82, 2.24) is 10.3 Å². The van der Waals surface area contributed by atoms with E-state index in [0.717, 1.165) is 6.42 Å². The number of hydrogen-bond acceptors (Lipinski definition) is 3. The molecule has 1 atom stereocenters. The minimum absolute atomic E-state index is 0.496. The standard InChI is InChI=1S/C13H20N2S/c1-13(5-6-13)11-9-15-12(16-11)8-10-4-2-3-7-14-10/h9-10,14H,2-8H2,1H3. The minimum Gasteiger partial charge on any atom is -0.314 e. The van der Waals surface area contributed by atoms with Crippen LogP contribution in [-0.2, 0) is 11.8 Å². The molecule has 2 heterocycles. The zero-order chi connectivity index (χ0) is 11.0. The summed E-state index contributed by atoms with van der Waals surface area (Å²) in [6.45, 7) is 3.56. The van der Waals surface area contributed by atoms with Crippen LogP contribution >= 0.6 is 11.3 Å². The Morgan fingerprint density at radius 3 is 3.06 bits per heavy atom. The van der Waals surface area contributed by atoms with Crippen LogP contribution in [0.1, 0.15) is 48.9 Å². The number of thiazole rings is 1. The Morgan fingerprint density at radius 2 is 2.38 bits per heavy atom. The third kappa shape index (κ3) is 2.16. The van der Waals surface area contributed by atoms with E-state index in [-0.39, 0.29) is 0 Å². The Balaban J connectivity index is 1.63. The first-order valence-electron chi connectivity index (χ1n) is 6.45. The lowest BCUT2D eigenvalue weighted by Crippen LogP contribution is -2.35. The third-order valence-electron chi connectivity index (χ3n) is 3.98. The molecule has 2 fully saturated rings. The lowest BCUT2D eigenvalue weighted by atomic mass is 10.0. The number of nitrogens with zero attached hydrogens (tertiary/aromatic N) is 1. The quantitative estimate of drug-likeness (QED) is 0.873. The highest BCUT2D eigenvalue weighted by Gasteiger charge is 2.40. The molecule has 3 rings (SSSR count). The maximum absolute atomic E-state index is 4.60. The van der Waals surface area contributed by atoms with Crippen LogP contribution in [0.5, 0.6) is 0 Å². The van der Waals surface area contributed by atoms with Crippen LogP contribution in [0.2, 0.25) is 0 Å². The van der Waals surface area contributed by atoms with Crippen LogP contribution in [0.4, 0.5) is 0 Å². The fourth-order valence-corrected chi connectivity index (χ4v) is 3.63. The molecule has 88 valence electrons. The van der Waals surface area contributed by atoms with E-state index in [1.807, 2.05) is 11.3 Å². The monoisotopic (exact) mass is 236 g/mol. The topological polar surface area (TPSA) is 24.9 Å². The minimum atomic E-state index is 0.496. The summed E-state index contributed by atoms with van der Waals surface area (Å²) >= 11 is 1.94. The molecule has 1 unspecified atom stereocenters. The van der Waals surface area contributed by atoms with Gasteiger partial charge in [-0.05, 0) is 32.2 Å². The SMILES string of the molecule is CC1(c2cnc(CC3CCCCN3)s2)CC1. The number of rotatable bonds is 3. The summed E-state index contributed by atoms with van der Waals surface area (Å²) in [6.07, 6.45) is 10.0. The van der Waals surface area contributed by atoms with Gasteiger partial charge < -0.3 is 5.32 Å². The Morgan fingerprint density at radius 1 is 1.50 bits per heavy atom. The average molecular weight is 236 g/mol. The molecule has 0 radical (unpaired) electrons. The molecule has 1 aliphatic heterocycles. The van der Waals surface area contributed by atoms with Crippen LogP contribution in [0.25, 0.3) is 0 Å². The molecule has 1 aromatic rings. The molecule has 1 aliphatic carbocycles. The zero-order valence-corrected chi connectivity index (χ0v) is 10.8. The summed E-state index contributed by atoms with van der Waals surface area (Å²) in [5.41, 5.74) is 0.496. The molecule has 1 saturated heterocycles. The Bertz CT molecular complexity index is 362. The van der Waals surface area contributed by atoms with Crippen molar-refractivity contribution < 1.29 is 0 Å². The van der Waals surface area contributed by atoms with Crippen LogP contribution in [0.15, 0.2) is 6.20 Å². The number of nitrogens with one attached hydrogen (secondary N) is 1. The smallest absolute Gasteiger partial charge is 0.0943 e. The van der Waals surface area contributed by atoms with Crippen molar-refractivity contribution >= 4 is 11.3 Å². The molecule has 16 heavy (non-hydrogen) atoms. The van der Waals surface area contributed by atoms with Crippen LogP contribution in [0.3, 0.4) is 0 Å². The van der Waals surface area contributed by atoms with Crippen molar-refractivity contribution in [3.63, 3.8) is 0 Å². The number of hydrogen-bond donors (Lipinski definition) is 1. The van der Waals surface area contributed by atoms with Crippen molar-refractivity contribution in [3.8, 4) is 0 Å². The molecule has 2 nitrogen and oxygen atoms in total. The van der Waals surface area contributed by atoms with E-state index < -0.39 is 0 Å². The first-order chi connectivity index (χ1) is 7.76. The van der Waals surface area contributed by atoms with E-state index in [9.17, 15) is 0 Å². The van der Waals surface area contributed by atoms with E-state index >= 15 is 0 Å². The first kappa shape index (κ1) is 10.7. The normalized spacial score (nSPS) is 27.9. The summed E-state index contributed by atoms with van der Waals surface area (Å²) in [5, 5.41) is 4.93. The zero-order valence-electron chi connectivity index (χ0n) is 9.96. The van der Waals surface area contributed by atoms with Crippen molar-refractivity contribution in [2.75, 3.05) is 6.54 Å². The van der Waals surface area contributed by atoms with Gasteiger partial charge in [0.05, 0.1) is 5.01 Å². The largest absolute Gasteiger partial charge is 0.314 e. The van der Waals surface area contributed by atoms with E-state index in [1.54, 1.807) is 0 Å². The van der Waals surface area contributed by atoms with Crippen molar-refractivity contribution in [1.29, 1.82) is 0 Å². The highest BCUT2D eigenvalue weighted by atomic mass is 32.1. The van der Waals surface area contributed by atoms with Gasteiger partial charge in [0, 0.05) is 29.0 Å². The van der Waals surface area contributed by atoms with Crippen molar-refractivity contribution in [3.05, 3.63) is 16.1 Å². The highest BCUT2D eigenvalue weighted by molar-refractivity contribution is 7.11. The number of aromatic nitrogens is 1. The lowest BCUT2D eigenvalue weighted by molar-refractivity contribution is 0.399. The molecule has 1 aromatic heterocycles. The molecule has 0 aromatic carbocycles. The fourth-order valence-electron chi connectivity index (χ4n) is 2.43. The summed E-state index contributed by atoms with van der Waals surface area (Å²) in [5.74, 6) is 0. The predicted octanol–water partition coefficient (Wildman–Crippen LogP) is 2.88. The van der Waals surface area contributed by atoms with E-state index in [0.29, 0.717) is 11.5 Å². The highest BCUT2D eigenvalue weighted by Crippen LogP contribution is 2.49. The molecular formula is C13H20N2S. The van der Waals surface area contributed by atoms with E-state index in [1.165, 1.54) is 48.5 Å². The van der Waals surface area contributed by atoms with E-state index in [2.05, 4.69) is 23.4 Å². The molecule has 2 aliphatic rings. The molecular weight excluding hydrogens is 216 g/mol. The molecule has 0 spiro atoms. The van der Waals surface area contributed by atoms with Gasteiger partial charge in [-0.25, -0.2) is 4.98 Å². The van der Waals surface area contributed by atoms with Gasteiger partial charge in [0.25, 0.3) is 0 Å². The second-order valence-corrected chi connectivity index (χ2v) is 6.65. The Kier molecular flexibility index (Phi) is 2.76. The van der Waals surface area contributed by atoms with Gasteiger partial charge in [-0.1, -0.05) is 13.3 Å². The summed E-state index contributed by atoms with van der Waals surface area (Å²) < 4.78 is 0. The second kappa shape index (κ2) is 4.11. The first-order valence-corrected chi connectivity index (χ1v) is 7.26. The van der Waals surface area contributed by atoms with Gasteiger partial charge in [0.1, 0.15) is 0 Å². The summed E-state index contributed by atoms with van der Waals surface area (Å²) in [6, 6.07) is 0.680. The maximum Gasteiger partial charge on any atom is 0.0943 e. The van der Waals surface area contributed by atoms with Crippen molar-refractivity contribution in [2.24, 2.45) is 0 Å². The molecule has 0 amide bonds. The van der Waals surface area contributed by atoms with Gasteiger partial charge in [-0.15, -0.1) is 11.3 Å². The maximum atomic E-state index is 4.60. The van der Waals surface area contributed by atoms with Crippen molar-refractivity contribution in [2.45, 2.75) is 56.9 Å². The van der Waals surface area contributed by atoms with Gasteiger partial charge >= 0.3 is 0 Å². The van der Waals surface area contributed by atoms with Crippen LogP contribution < -0.4 is 5.32 Å². The van der Waals surface area contributed by atoms with Crippen LogP contribution in [-0.4, -0.2) is 17.6 Å². The summed E-state index contributed by atoms with van der Waals surface area (Å²) in [7, 11) is 0. The summed E-state index contributed by atoms with van der Waals surface area (Å²) in [4.78, 5) is 6.11. The molecule has 3 heteroatoms. The number of piperidine rings is 1. The van der Waals surface area contributed by atoms with Gasteiger partial charge in [0.2, 0.25) is 0 Å². The average Bonchev–Trinajstić information content (AvgIpc) is 2.88. The molecule has 0 bridgehead atoms. The van der Waals surface area contributed by atoms with Gasteiger partial charge in [-0.3, -0.25) is 0 Å². The fraction of sp³-hybridized carbons (Fsp3) is 0.769. The van der Waals surface area contributed by atoms with E-state index in [4.69, 9.17) is 0 Å². The van der Waals surface area contributed by atoms with Crippen LogP contribution in [0, 0.1) is 0 Å². The molecule has 1 saturated carbocycles. The van der Waals surface area contributed by atoms with Gasteiger partial charge in [0.15, 0.2) is 0 Å². The lowest BCUT2D eigenvalue weighted by Gasteiger charge is -2.22. The van der Waals surface area contributed by atoms with Gasteiger partial charge in [-0.2, -0.15) is 0 Å². The third-order valence-corrected chi connectivity index (χ3v) is 5.31.